The number of rotatable bonds is 10. The van der Waals surface area contributed by atoms with Crippen molar-refractivity contribution in [3.63, 3.8) is 0 Å². The fourth-order valence-corrected chi connectivity index (χ4v) is 3.90. The molecule has 0 unspecified atom stereocenters. The number of carbonyl (C=O) groups is 1. The first-order valence-electron chi connectivity index (χ1n) is 11.3. The zero-order valence-electron chi connectivity index (χ0n) is 19.0. The molecule has 1 aliphatic carbocycles. The van der Waals surface area contributed by atoms with Gasteiger partial charge in [-0.1, -0.05) is 30.3 Å². The summed E-state index contributed by atoms with van der Waals surface area (Å²) in [5, 5.41) is 4.04. The Morgan fingerprint density at radius 1 is 0.906 bits per heavy atom. The summed E-state index contributed by atoms with van der Waals surface area (Å²) in [4.78, 5) is 16.2. The SMILES string of the molecule is CON=C(OCC1CCC(COc2ccc(CCC(=O)OC)cc2)CC1)c1ccccc1. The van der Waals surface area contributed by atoms with Gasteiger partial charge in [-0.25, -0.2) is 0 Å². The first-order chi connectivity index (χ1) is 15.7. The molecule has 0 heterocycles. The van der Waals surface area contributed by atoms with Crippen LogP contribution in [0.5, 0.6) is 5.75 Å². The number of hydrogen-bond acceptors (Lipinski definition) is 6. The van der Waals surface area contributed by atoms with Crippen LogP contribution in [0.1, 0.15) is 43.2 Å². The van der Waals surface area contributed by atoms with E-state index < -0.39 is 0 Å². The van der Waals surface area contributed by atoms with Crippen LogP contribution < -0.4 is 4.74 Å². The van der Waals surface area contributed by atoms with Crippen molar-refractivity contribution in [1.29, 1.82) is 0 Å². The number of hydrogen-bond donors (Lipinski definition) is 0. The van der Waals surface area contributed by atoms with Crippen molar-refractivity contribution in [2.75, 3.05) is 27.4 Å². The van der Waals surface area contributed by atoms with Crippen molar-refractivity contribution < 1.29 is 23.8 Å². The lowest BCUT2D eigenvalue weighted by Crippen LogP contribution is -2.24. The van der Waals surface area contributed by atoms with Gasteiger partial charge in [0, 0.05) is 12.0 Å². The molecule has 0 radical (unpaired) electrons. The Hall–Kier alpha value is -3.02. The van der Waals surface area contributed by atoms with Crippen molar-refractivity contribution in [1.82, 2.24) is 0 Å². The maximum Gasteiger partial charge on any atom is 0.305 e. The highest BCUT2D eigenvalue weighted by Crippen LogP contribution is 2.30. The summed E-state index contributed by atoms with van der Waals surface area (Å²) < 4.78 is 16.7. The van der Waals surface area contributed by atoms with Crippen LogP contribution in [0.25, 0.3) is 0 Å². The van der Waals surface area contributed by atoms with Gasteiger partial charge in [-0.05, 0) is 78.9 Å². The van der Waals surface area contributed by atoms with Gasteiger partial charge in [-0.2, -0.15) is 0 Å². The van der Waals surface area contributed by atoms with Gasteiger partial charge in [0.15, 0.2) is 0 Å². The summed E-state index contributed by atoms with van der Waals surface area (Å²) in [6.07, 6.45) is 5.58. The van der Waals surface area contributed by atoms with E-state index in [1.54, 1.807) is 0 Å². The first-order valence-corrected chi connectivity index (χ1v) is 11.3. The fourth-order valence-electron chi connectivity index (χ4n) is 3.90. The molecule has 1 saturated carbocycles. The maximum atomic E-state index is 11.3. The number of methoxy groups -OCH3 is 1. The molecule has 1 fully saturated rings. The molecule has 0 saturated heterocycles. The van der Waals surface area contributed by atoms with E-state index in [-0.39, 0.29) is 5.97 Å². The first kappa shape index (κ1) is 23.6. The summed E-state index contributed by atoms with van der Waals surface area (Å²) in [6, 6.07) is 17.8. The molecule has 0 N–H and O–H groups in total. The number of carbonyl (C=O) groups excluding carboxylic acids is 1. The van der Waals surface area contributed by atoms with E-state index in [0.29, 0.717) is 37.2 Å². The van der Waals surface area contributed by atoms with Crippen molar-refractivity contribution >= 4 is 11.9 Å². The summed E-state index contributed by atoms with van der Waals surface area (Å²) in [5.74, 6) is 2.31. The topological polar surface area (TPSA) is 66.3 Å². The van der Waals surface area contributed by atoms with Crippen molar-refractivity contribution in [3.05, 3.63) is 65.7 Å². The summed E-state index contributed by atoms with van der Waals surface area (Å²) in [7, 11) is 2.95. The van der Waals surface area contributed by atoms with Crippen LogP contribution in [0.15, 0.2) is 59.8 Å². The molecule has 2 aromatic rings. The normalized spacial score (nSPS) is 18.6. The predicted molar refractivity (Wildman–Crippen MR) is 124 cm³/mol. The molecule has 6 nitrogen and oxygen atoms in total. The second-order valence-electron chi connectivity index (χ2n) is 8.17. The Kier molecular flexibility index (Phi) is 9.41. The van der Waals surface area contributed by atoms with E-state index >= 15 is 0 Å². The summed E-state index contributed by atoms with van der Waals surface area (Å²) >= 11 is 0. The number of nitrogens with zero attached hydrogens (tertiary/aromatic N) is 1. The average Bonchev–Trinajstić information content (AvgIpc) is 2.85. The Bertz CT molecular complexity index is 842. The van der Waals surface area contributed by atoms with Gasteiger partial charge in [0.1, 0.15) is 12.9 Å². The molecule has 2 aromatic carbocycles. The Morgan fingerprint density at radius 3 is 2.19 bits per heavy atom. The van der Waals surface area contributed by atoms with Crippen LogP contribution in [0.3, 0.4) is 0 Å². The highest BCUT2D eigenvalue weighted by atomic mass is 16.6. The van der Waals surface area contributed by atoms with E-state index in [9.17, 15) is 4.79 Å². The predicted octanol–water partition coefficient (Wildman–Crippen LogP) is 5.00. The number of ether oxygens (including phenoxy) is 3. The zero-order valence-corrected chi connectivity index (χ0v) is 19.0. The Balaban J connectivity index is 1.37. The van der Waals surface area contributed by atoms with Crippen molar-refractivity contribution in [2.24, 2.45) is 17.0 Å². The number of esters is 1. The fraction of sp³-hybridized carbons (Fsp3) is 0.462. The van der Waals surface area contributed by atoms with Crippen LogP contribution in [0.4, 0.5) is 0 Å². The highest BCUT2D eigenvalue weighted by molar-refractivity contribution is 5.93. The van der Waals surface area contributed by atoms with Crippen LogP contribution in [0, 0.1) is 11.8 Å². The molecule has 3 rings (SSSR count). The van der Waals surface area contributed by atoms with Crippen LogP contribution >= 0.6 is 0 Å². The van der Waals surface area contributed by atoms with Gasteiger partial charge >= 0.3 is 5.97 Å². The Morgan fingerprint density at radius 2 is 1.56 bits per heavy atom. The van der Waals surface area contributed by atoms with Gasteiger partial charge in [-0.15, -0.1) is 0 Å². The van der Waals surface area contributed by atoms with Crippen molar-refractivity contribution in [2.45, 2.75) is 38.5 Å². The molecular weight excluding hydrogens is 406 g/mol. The number of oxime groups is 1. The van der Waals surface area contributed by atoms with Gasteiger partial charge in [0.25, 0.3) is 5.90 Å². The third kappa shape index (κ3) is 7.59. The van der Waals surface area contributed by atoms with Crippen molar-refractivity contribution in [3.8, 4) is 5.75 Å². The molecule has 0 spiro atoms. The third-order valence-electron chi connectivity index (χ3n) is 5.87. The molecular formula is C26H33NO5. The molecule has 1 aliphatic rings. The quantitative estimate of drug-likeness (QED) is 0.226. The van der Waals surface area contributed by atoms with Gasteiger partial charge in [0.2, 0.25) is 0 Å². The summed E-state index contributed by atoms with van der Waals surface area (Å²) in [5.41, 5.74) is 2.03. The third-order valence-corrected chi connectivity index (χ3v) is 5.87. The molecule has 32 heavy (non-hydrogen) atoms. The molecule has 172 valence electrons. The highest BCUT2D eigenvalue weighted by Gasteiger charge is 2.23. The molecule has 0 aliphatic heterocycles. The Labute approximate surface area is 190 Å². The second kappa shape index (κ2) is 12.7. The molecule has 0 aromatic heterocycles. The lowest BCUT2D eigenvalue weighted by atomic mass is 9.83. The van der Waals surface area contributed by atoms with E-state index in [1.165, 1.54) is 14.2 Å². The molecule has 6 heteroatoms. The van der Waals surface area contributed by atoms with E-state index in [2.05, 4.69) is 9.89 Å². The maximum absolute atomic E-state index is 11.3. The van der Waals surface area contributed by atoms with Gasteiger partial charge in [-0.3, -0.25) is 4.79 Å². The lowest BCUT2D eigenvalue weighted by molar-refractivity contribution is -0.140. The summed E-state index contributed by atoms with van der Waals surface area (Å²) in [6.45, 7) is 1.38. The monoisotopic (exact) mass is 439 g/mol. The van der Waals surface area contributed by atoms with Gasteiger partial charge < -0.3 is 19.0 Å². The smallest absolute Gasteiger partial charge is 0.305 e. The second-order valence-corrected chi connectivity index (χ2v) is 8.17. The lowest BCUT2D eigenvalue weighted by Gasteiger charge is -2.28. The minimum Gasteiger partial charge on any atom is -0.493 e. The largest absolute Gasteiger partial charge is 0.493 e. The minimum atomic E-state index is -0.186. The van der Waals surface area contributed by atoms with Crippen LogP contribution in [0.2, 0.25) is 0 Å². The molecule has 0 amide bonds. The van der Waals surface area contributed by atoms with Crippen LogP contribution in [-0.2, 0) is 25.5 Å². The standard InChI is InChI=1S/C26H33NO5/c1-29-25(28)17-14-20-12-15-24(16-13-20)31-18-21-8-10-22(11-9-21)19-32-26(27-30-2)23-6-4-3-5-7-23/h3-7,12-13,15-16,21-22H,8-11,14,17-19H2,1-2H3. The average molecular weight is 440 g/mol. The molecule has 0 atom stereocenters. The van der Waals surface area contributed by atoms with Gasteiger partial charge in [0.05, 0.1) is 20.3 Å². The van der Waals surface area contributed by atoms with E-state index in [0.717, 1.165) is 49.2 Å². The number of benzene rings is 2. The van der Waals surface area contributed by atoms with Crippen LogP contribution in [-0.4, -0.2) is 39.3 Å². The zero-order chi connectivity index (χ0) is 22.6. The van der Waals surface area contributed by atoms with E-state index in [1.807, 2.05) is 54.6 Å². The minimum absolute atomic E-state index is 0.186. The van der Waals surface area contributed by atoms with E-state index in [4.69, 9.17) is 14.3 Å². The number of aryl methyl sites for hydroxylation is 1. The molecule has 0 bridgehead atoms.